The summed E-state index contributed by atoms with van der Waals surface area (Å²) in [5.41, 5.74) is 1.25. The minimum Gasteiger partial charge on any atom is -0.485 e. The van der Waals surface area contributed by atoms with Gasteiger partial charge in [0, 0.05) is 62.0 Å². The molecule has 5 aliphatic heterocycles. The molecule has 4 saturated heterocycles. The fraction of sp³-hybridized carbons (Fsp3) is 0.500. The number of thiophene rings is 1. The average Bonchev–Trinajstić information content (AvgIpc) is 3.02. The first-order chi connectivity index (χ1) is 14.2. The quantitative estimate of drug-likeness (QED) is 0.835. The molecule has 5 aliphatic rings. The molecule has 1 amide bonds. The summed E-state index contributed by atoms with van der Waals surface area (Å²) < 4.78 is 11.4. The molecular formula is C22H25N3O3S. The van der Waals surface area contributed by atoms with Crippen molar-refractivity contribution in [1.29, 1.82) is 0 Å². The topological polar surface area (TPSA) is 54.0 Å². The van der Waals surface area contributed by atoms with Gasteiger partial charge in [0.2, 0.25) is 0 Å². The lowest BCUT2D eigenvalue weighted by Gasteiger charge is -2.55. The Bertz CT molecular complexity index is 915. The first-order valence-electron chi connectivity index (χ1n) is 10.4. The van der Waals surface area contributed by atoms with E-state index < -0.39 is 0 Å². The van der Waals surface area contributed by atoms with E-state index in [2.05, 4.69) is 45.4 Å². The number of nitrogens with one attached hydrogen (secondary N) is 1. The van der Waals surface area contributed by atoms with Crippen molar-refractivity contribution in [1.82, 2.24) is 15.1 Å². The molecule has 0 radical (unpaired) electrons. The second-order valence-electron chi connectivity index (χ2n) is 8.66. The van der Waals surface area contributed by atoms with E-state index in [4.69, 9.17) is 9.47 Å². The lowest BCUT2D eigenvalue weighted by atomic mass is 9.64. The first kappa shape index (κ1) is 17.7. The van der Waals surface area contributed by atoms with Crippen molar-refractivity contribution in [2.45, 2.75) is 11.5 Å². The van der Waals surface area contributed by atoms with Crippen LogP contribution in [0.5, 0.6) is 11.5 Å². The van der Waals surface area contributed by atoms with Gasteiger partial charge < -0.3 is 24.6 Å². The predicted octanol–water partition coefficient (Wildman–Crippen LogP) is 1.82. The molecule has 152 valence electrons. The van der Waals surface area contributed by atoms with Crippen LogP contribution in [-0.4, -0.2) is 74.2 Å². The van der Waals surface area contributed by atoms with E-state index in [1.807, 2.05) is 5.38 Å². The second-order valence-corrected chi connectivity index (χ2v) is 9.54. The minimum atomic E-state index is -0.0801. The Morgan fingerprint density at radius 2 is 1.79 bits per heavy atom. The number of fused-ring (bicyclic) bond motifs is 2. The van der Waals surface area contributed by atoms with Gasteiger partial charge in [-0.3, -0.25) is 4.79 Å². The SMILES string of the molecule is O=C(N[C@@H]1C2CN3CCN(C2)CC1(c1ccccc1)C3)c1scc2c1OCCO2. The Morgan fingerprint density at radius 3 is 2.55 bits per heavy atom. The van der Waals surface area contributed by atoms with E-state index in [9.17, 15) is 4.79 Å². The maximum Gasteiger partial charge on any atom is 0.265 e. The van der Waals surface area contributed by atoms with Crippen molar-refractivity contribution in [2.24, 2.45) is 5.92 Å². The lowest BCUT2D eigenvalue weighted by Crippen LogP contribution is -2.70. The van der Waals surface area contributed by atoms with Crippen LogP contribution < -0.4 is 14.8 Å². The minimum absolute atomic E-state index is 0.0294. The van der Waals surface area contributed by atoms with E-state index in [1.165, 1.54) is 16.9 Å². The molecule has 7 rings (SSSR count). The molecule has 7 heteroatoms. The van der Waals surface area contributed by atoms with Crippen molar-refractivity contribution in [3.8, 4) is 11.5 Å². The molecule has 29 heavy (non-hydrogen) atoms. The molecule has 0 saturated carbocycles. The summed E-state index contributed by atoms with van der Waals surface area (Å²) in [4.78, 5) is 19.2. The maximum atomic E-state index is 13.4. The molecule has 1 aromatic carbocycles. The normalized spacial score (nSPS) is 34.6. The standard InChI is InChI=1S/C22H25N3O3S/c26-21(19-18-17(12-29-19)27-8-9-28-18)23-20-15-10-24-6-7-25(11-15)14-22(20,13-24)16-4-2-1-3-5-16/h1-5,12,15,20H,6-11,13-14H2,(H,23,26)/t15?,20-,22?/m1/s1. The molecule has 1 N–H and O–H groups in total. The van der Waals surface area contributed by atoms with E-state index in [0.29, 0.717) is 35.5 Å². The number of hydrogen-bond donors (Lipinski definition) is 1. The summed E-state index contributed by atoms with van der Waals surface area (Å²) in [5.74, 6) is 1.71. The third-order valence-electron chi connectivity index (χ3n) is 6.94. The zero-order valence-corrected chi connectivity index (χ0v) is 17.1. The fourth-order valence-corrected chi connectivity index (χ4v) is 6.63. The molecule has 4 fully saturated rings. The Labute approximate surface area is 174 Å². The molecule has 6 nitrogen and oxygen atoms in total. The largest absolute Gasteiger partial charge is 0.485 e. The van der Waals surface area contributed by atoms with Gasteiger partial charge >= 0.3 is 0 Å². The molecular weight excluding hydrogens is 386 g/mol. The summed E-state index contributed by atoms with van der Waals surface area (Å²) in [6.45, 7) is 7.38. The number of rotatable bonds is 3. The lowest BCUT2D eigenvalue weighted by molar-refractivity contribution is 0.0180. The molecule has 4 bridgehead atoms. The predicted molar refractivity (Wildman–Crippen MR) is 111 cm³/mol. The van der Waals surface area contributed by atoms with Crippen LogP contribution in [0.15, 0.2) is 35.7 Å². The zero-order chi connectivity index (χ0) is 19.4. The Morgan fingerprint density at radius 1 is 1.07 bits per heavy atom. The number of ether oxygens (including phenoxy) is 2. The van der Waals surface area contributed by atoms with E-state index >= 15 is 0 Å². The second kappa shape index (κ2) is 6.72. The summed E-state index contributed by atoms with van der Waals surface area (Å²) in [6, 6.07) is 10.9. The van der Waals surface area contributed by atoms with Crippen LogP contribution in [0.4, 0.5) is 0 Å². The van der Waals surface area contributed by atoms with Crippen LogP contribution in [0.1, 0.15) is 15.2 Å². The van der Waals surface area contributed by atoms with Crippen molar-refractivity contribution >= 4 is 17.2 Å². The Balaban J connectivity index is 1.37. The molecule has 2 aromatic rings. The molecule has 0 spiro atoms. The van der Waals surface area contributed by atoms with Gasteiger partial charge in [-0.25, -0.2) is 0 Å². The number of hydrogen-bond acceptors (Lipinski definition) is 6. The summed E-state index contributed by atoms with van der Waals surface area (Å²) >= 11 is 1.42. The number of amides is 1. The van der Waals surface area contributed by atoms with Crippen LogP contribution in [0.25, 0.3) is 0 Å². The van der Waals surface area contributed by atoms with Gasteiger partial charge in [-0.15, -0.1) is 11.3 Å². The van der Waals surface area contributed by atoms with Gasteiger partial charge in [-0.1, -0.05) is 30.3 Å². The highest BCUT2D eigenvalue weighted by atomic mass is 32.1. The highest BCUT2D eigenvalue weighted by molar-refractivity contribution is 7.12. The summed E-state index contributed by atoms with van der Waals surface area (Å²) in [5, 5.41) is 5.35. The van der Waals surface area contributed by atoms with Gasteiger partial charge in [-0.05, 0) is 5.56 Å². The van der Waals surface area contributed by atoms with Gasteiger partial charge in [0.05, 0.1) is 0 Å². The molecule has 2 unspecified atom stereocenters. The number of carbonyl (C=O) groups excluding carboxylic acids is 1. The van der Waals surface area contributed by atoms with Crippen LogP contribution in [0.3, 0.4) is 0 Å². The number of benzene rings is 1. The molecule has 0 aliphatic carbocycles. The highest BCUT2D eigenvalue weighted by Crippen LogP contribution is 2.44. The van der Waals surface area contributed by atoms with E-state index in [1.54, 1.807) is 0 Å². The van der Waals surface area contributed by atoms with Crippen LogP contribution in [-0.2, 0) is 5.41 Å². The van der Waals surface area contributed by atoms with Crippen molar-refractivity contribution in [2.75, 3.05) is 52.5 Å². The molecule has 6 heterocycles. The van der Waals surface area contributed by atoms with E-state index in [0.717, 1.165) is 39.3 Å². The van der Waals surface area contributed by atoms with Gasteiger partial charge in [0.25, 0.3) is 5.91 Å². The fourth-order valence-electron chi connectivity index (χ4n) is 5.79. The van der Waals surface area contributed by atoms with Gasteiger partial charge in [0.1, 0.15) is 18.1 Å². The van der Waals surface area contributed by atoms with Crippen LogP contribution in [0.2, 0.25) is 0 Å². The third-order valence-corrected chi connectivity index (χ3v) is 7.88. The van der Waals surface area contributed by atoms with Crippen molar-refractivity contribution in [3.05, 3.63) is 46.2 Å². The van der Waals surface area contributed by atoms with Crippen LogP contribution >= 0.6 is 11.3 Å². The van der Waals surface area contributed by atoms with E-state index in [-0.39, 0.29) is 17.4 Å². The smallest absolute Gasteiger partial charge is 0.265 e. The number of nitrogens with zero attached hydrogens (tertiary/aromatic N) is 2. The number of piperidine rings is 2. The highest BCUT2D eigenvalue weighted by Gasteiger charge is 2.55. The summed E-state index contributed by atoms with van der Waals surface area (Å²) in [7, 11) is 0. The van der Waals surface area contributed by atoms with Gasteiger partial charge in [0.15, 0.2) is 11.5 Å². The Kier molecular flexibility index (Phi) is 4.11. The van der Waals surface area contributed by atoms with Crippen LogP contribution in [0, 0.1) is 5.92 Å². The zero-order valence-electron chi connectivity index (χ0n) is 16.3. The van der Waals surface area contributed by atoms with Crippen molar-refractivity contribution < 1.29 is 14.3 Å². The monoisotopic (exact) mass is 411 g/mol. The molecule has 1 aromatic heterocycles. The summed E-state index contributed by atoms with van der Waals surface area (Å²) in [6.07, 6.45) is 0. The average molecular weight is 412 g/mol. The maximum absolute atomic E-state index is 13.4. The van der Waals surface area contributed by atoms with Gasteiger partial charge in [-0.2, -0.15) is 0 Å². The third kappa shape index (κ3) is 2.79. The Hall–Kier alpha value is -2.09. The number of carbonyl (C=O) groups is 1. The molecule has 3 atom stereocenters. The first-order valence-corrected chi connectivity index (χ1v) is 11.3. The van der Waals surface area contributed by atoms with Crippen molar-refractivity contribution in [3.63, 3.8) is 0 Å².